The molecule has 1 aliphatic rings. The molecule has 1 fully saturated rings. The van der Waals surface area contributed by atoms with Crippen molar-refractivity contribution in [2.45, 2.75) is 32.6 Å². The molecule has 1 N–H and O–H groups in total. The fraction of sp³-hybridized carbons (Fsp3) is 0.500. The van der Waals surface area contributed by atoms with E-state index < -0.39 is 0 Å². The van der Waals surface area contributed by atoms with Crippen LogP contribution in [-0.4, -0.2) is 19.0 Å². The summed E-state index contributed by atoms with van der Waals surface area (Å²) in [6, 6.07) is 8.15. The van der Waals surface area contributed by atoms with Gasteiger partial charge in [-0.15, -0.1) is 0 Å². The molecule has 0 aliphatic carbocycles. The van der Waals surface area contributed by atoms with Crippen LogP contribution < -0.4 is 10.2 Å². The molecular weight excluding hydrogens is 212 g/mol. The van der Waals surface area contributed by atoms with E-state index >= 15 is 0 Å². The Morgan fingerprint density at radius 3 is 2.41 bits per heavy atom. The second-order valence-corrected chi connectivity index (χ2v) is 4.50. The third kappa shape index (κ3) is 3.22. The molecule has 17 heavy (non-hydrogen) atoms. The Hall–Kier alpha value is -1.51. The lowest BCUT2D eigenvalue weighted by atomic mass is 10.1. The van der Waals surface area contributed by atoms with Crippen LogP contribution in [0.3, 0.4) is 0 Å². The lowest BCUT2D eigenvalue weighted by Gasteiger charge is -2.28. The smallest absolute Gasteiger partial charge is 0.224 e. The third-order valence-corrected chi connectivity index (χ3v) is 3.19. The second-order valence-electron chi connectivity index (χ2n) is 4.50. The average Bonchev–Trinajstić information content (AvgIpc) is 2.40. The molecule has 3 heteroatoms. The maximum Gasteiger partial charge on any atom is 0.224 e. The van der Waals surface area contributed by atoms with Gasteiger partial charge in [-0.05, 0) is 43.5 Å². The van der Waals surface area contributed by atoms with Crippen LogP contribution in [0.15, 0.2) is 24.3 Å². The molecule has 1 heterocycles. The highest BCUT2D eigenvalue weighted by atomic mass is 16.1. The summed E-state index contributed by atoms with van der Waals surface area (Å²) in [7, 11) is 0. The van der Waals surface area contributed by atoms with Crippen LogP contribution in [0.2, 0.25) is 0 Å². The van der Waals surface area contributed by atoms with Crippen molar-refractivity contribution in [1.29, 1.82) is 0 Å². The molecule has 3 nitrogen and oxygen atoms in total. The van der Waals surface area contributed by atoms with E-state index in [4.69, 9.17) is 0 Å². The minimum atomic E-state index is 0.0655. The van der Waals surface area contributed by atoms with Crippen LogP contribution in [0.1, 0.15) is 32.6 Å². The van der Waals surface area contributed by atoms with Crippen LogP contribution in [0.25, 0.3) is 0 Å². The van der Waals surface area contributed by atoms with Crippen molar-refractivity contribution in [3.05, 3.63) is 24.3 Å². The summed E-state index contributed by atoms with van der Waals surface area (Å²) in [5, 5.41) is 2.86. The minimum Gasteiger partial charge on any atom is -0.372 e. The Kier molecular flexibility index (Phi) is 4.02. The minimum absolute atomic E-state index is 0.0655. The number of anilines is 2. The zero-order chi connectivity index (χ0) is 12.1. The van der Waals surface area contributed by atoms with Gasteiger partial charge in [0.1, 0.15) is 0 Å². The van der Waals surface area contributed by atoms with Gasteiger partial charge in [0.15, 0.2) is 0 Å². The first-order chi connectivity index (χ1) is 8.29. The summed E-state index contributed by atoms with van der Waals surface area (Å²) < 4.78 is 0. The highest BCUT2D eigenvalue weighted by Gasteiger charge is 2.10. The maximum atomic E-state index is 11.2. The van der Waals surface area contributed by atoms with Gasteiger partial charge < -0.3 is 10.2 Å². The number of nitrogens with one attached hydrogen (secondary N) is 1. The number of nitrogens with zero attached hydrogens (tertiary/aromatic N) is 1. The van der Waals surface area contributed by atoms with E-state index in [2.05, 4.69) is 22.3 Å². The molecule has 2 rings (SSSR count). The molecule has 1 aromatic carbocycles. The number of carbonyl (C=O) groups excluding carboxylic acids is 1. The monoisotopic (exact) mass is 232 g/mol. The van der Waals surface area contributed by atoms with E-state index in [-0.39, 0.29) is 5.91 Å². The Morgan fingerprint density at radius 1 is 1.18 bits per heavy atom. The fourth-order valence-corrected chi connectivity index (χ4v) is 2.16. The zero-order valence-corrected chi connectivity index (χ0v) is 10.4. The summed E-state index contributed by atoms with van der Waals surface area (Å²) in [6.07, 6.45) is 4.44. The highest BCUT2D eigenvalue weighted by molar-refractivity contribution is 5.90. The van der Waals surface area contributed by atoms with Crippen LogP contribution in [0.4, 0.5) is 11.4 Å². The molecule has 92 valence electrons. The summed E-state index contributed by atoms with van der Waals surface area (Å²) in [4.78, 5) is 13.7. The summed E-state index contributed by atoms with van der Waals surface area (Å²) in [6.45, 7) is 4.17. The summed E-state index contributed by atoms with van der Waals surface area (Å²) in [5.41, 5.74) is 2.15. The molecule has 0 aromatic heterocycles. The molecule has 1 saturated heterocycles. The van der Waals surface area contributed by atoms with Crippen molar-refractivity contribution in [2.75, 3.05) is 23.3 Å². The first-order valence-corrected chi connectivity index (χ1v) is 6.44. The largest absolute Gasteiger partial charge is 0.372 e. The Bertz CT molecular complexity index is 366. The molecular formula is C14H20N2O. The Labute approximate surface area is 103 Å². The number of piperidine rings is 1. The lowest BCUT2D eigenvalue weighted by molar-refractivity contribution is -0.115. The van der Waals surface area contributed by atoms with E-state index in [0.717, 1.165) is 18.8 Å². The predicted octanol–water partition coefficient (Wildman–Crippen LogP) is 3.03. The summed E-state index contributed by atoms with van der Waals surface area (Å²) >= 11 is 0. The number of hydrogen-bond acceptors (Lipinski definition) is 2. The average molecular weight is 232 g/mol. The molecule has 0 bridgehead atoms. The van der Waals surface area contributed by atoms with Gasteiger partial charge in [0.05, 0.1) is 0 Å². The number of rotatable bonds is 3. The Morgan fingerprint density at radius 2 is 1.82 bits per heavy atom. The molecule has 0 saturated carbocycles. The molecule has 0 unspecified atom stereocenters. The van der Waals surface area contributed by atoms with Crippen molar-refractivity contribution in [3.63, 3.8) is 0 Å². The molecule has 0 spiro atoms. The Balaban J connectivity index is 1.99. The van der Waals surface area contributed by atoms with Crippen molar-refractivity contribution in [2.24, 2.45) is 0 Å². The second kappa shape index (κ2) is 5.71. The fourth-order valence-electron chi connectivity index (χ4n) is 2.16. The number of amides is 1. The number of benzene rings is 1. The topological polar surface area (TPSA) is 32.3 Å². The SMILES string of the molecule is CCC(=O)Nc1ccc(N2CCCCC2)cc1. The van der Waals surface area contributed by atoms with Gasteiger partial charge in [0.2, 0.25) is 5.91 Å². The van der Waals surface area contributed by atoms with Crippen LogP contribution in [-0.2, 0) is 4.79 Å². The zero-order valence-electron chi connectivity index (χ0n) is 10.4. The highest BCUT2D eigenvalue weighted by Crippen LogP contribution is 2.21. The van der Waals surface area contributed by atoms with E-state index in [1.165, 1.54) is 24.9 Å². The standard InChI is InChI=1S/C14H20N2O/c1-2-14(17)15-12-6-8-13(9-7-12)16-10-4-3-5-11-16/h6-9H,2-5,10-11H2,1H3,(H,15,17). The lowest BCUT2D eigenvalue weighted by Crippen LogP contribution is -2.29. The van der Waals surface area contributed by atoms with Gasteiger partial charge in [-0.2, -0.15) is 0 Å². The maximum absolute atomic E-state index is 11.2. The van der Waals surface area contributed by atoms with Gasteiger partial charge in [-0.25, -0.2) is 0 Å². The van der Waals surface area contributed by atoms with Crippen molar-refractivity contribution in [3.8, 4) is 0 Å². The number of carbonyl (C=O) groups is 1. The van der Waals surface area contributed by atoms with Crippen LogP contribution in [0.5, 0.6) is 0 Å². The van der Waals surface area contributed by atoms with Gasteiger partial charge in [0, 0.05) is 30.9 Å². The molecule has 0 atom stereocenters. The van der Waals surface area contributed by atoms with Crippen molar-refractivity contribution >= 4 is 17.3 Å². The van der Waals surface area contributed by atoms with Crippen LogP contribution >= 0.6 is 0 Å². The quantitative estimate of drug-likeness (QED) is 0.868. The van der Waals surface area contributed by atoms with E-state index in [0.29, 0.717) is 6.42 Å². The van der Waals surface area contributed by atoms with Crippen molar-refractivity contribution in [1.82, 2.24) is 0 Å². The van der Waals surface area contributed by atoms with Gasteiger partial charge >= 0.3 is 0 Å². The molecule has 1 aromatic rings. The van der Waals surface area contributed by atoms with Gasteiger partial charge in [-0.3, -0.25) is 4.79 Å². The van der Waals surface area contributed by atoms with Gasteiger partial charge in [-0.1, -0.05) is 6.92 Å². The van der Waals surface area contributed by atoms with Crippen LogP contribution in [0, 0.1) is 0 Å². The molecule has 1 amide bonds. The molecule has 1 aliphatic heterocycles. The molecule has 0 radical (unpaired) electrons. The summed E-state index contributed by atoms with van der Waals surface area (Å²) in [5.74, 6) is 0.0655. The van der Waals surface area contributed by atoms with Gasteiger partial charge in [0.25, 0.3) is 0 Å². The van der Waals surface area contributed by atoms with E-state index in [1.54, 1.807) is 0 Å². The third-order valence-electron chi connectivity index (χ3n) is 3.19. The van der Waals surface area contributed by atoms with E-state index in [9.17, 15) is 4.79 Å². The van der Waals surface area contributed by atoms with Crippen molar-refractivity contribution < 1.29 is 4.79 Å². The first kappa shape index (κ1) is 12.0. The normalized spacial score (nSPS) is 15.7. The predicted molar refractivity (Wildman–Crippen MR) is 71.4 cm³/mol. The van der Waals surface area contributed by atoms with E-state index in [1.807, 2.05) is 19.1 Å². The number of hydrogen-bond donors (Lipinski definition) is 1. The first-order valence-electron chi connectivity index (χ1n) is 6.44.